The smallest absolute Gasteiger partial charge is 0.326 e. The molecule has 1 aromatic heterocycles. The van der Waals surface area contributed by atoms with Crippen molar-refractivity contribution >= 4 is 12.4 Å². The minimum atomic E-state index is -0.296. The zero-order chi connectivity index (χ0) is 16.6. The third kappa shape index (κ3) is 3.45. The van der Waals surface area contributed by atoms with E-state index in [2.05, 4.69) is 17.0 Å². The van der Waals surface area contributed by atoms with Gasteiger partial charge in [-0.15, -0.1) is 12.4 Å². The Labute approximate surface area is 146 Å². The zero-order valence-electron chi connectivity index (χ0n) is 13.9. The van der Waals surface area contributed by atoms with Crippen LogP contribution >= 0.6 is 12.4 Å². The summed E-state index contributed by atoms with van der Waals surface area (Å²) in [7, 11) is 3.19. The molecule has 1 aliphatic rings. The Morgan fingerprint density at radius 3 is 2.42 bits per heavy atom. The lowest BCUT2D eigenvalue weighted by molar-refractivity contribution is 0.313. The minimum Gasteiger partial charge on any atom is -0.326 e. The van der Waals surface area contributed by atoms with Crippen molar-refractivity contribution in [3.8, 4) is 0 Å². The van der Waals surface area contributed by atoms with Gasteiger partial charge in [-0.2, -0.15) is 0 Å². The van der Waals surface area contributed by atoms with Crippen molar-refractivity contribution in [1.29, 1.82) is 0 Å². The molecule has 2 aromatic rings. The predicted molar refractivity (Wildman–Crippen MR) is 96.6 cm³/mol. The molecule has 0 spiro atoms. The summed E-state index contributed by atoms with van der Waals surface area (Å²) in [5.41, 5.74) is 7.69. The van der Waals surface area contributed by atoms with Gasteiger partial charge in [0.1, 0.15) is 0 Å². The topological polar surface area (TPSA) is 73.3 Å². The lowest BCUT2D eigenvalue weighted by Gasteiger charge is -2.18. The molecule has 0 saturated carbocycles. The fraction of sp³-hybridized carbons (Fsp3) is 0.412. The number of halogens is 1. The maximum absolute atomic E-state index is 12.0. The van der Waals surface area contributed by atoms with Crippen LogP contribution in [0, 0.1) is 0 Å². The van der Waals surface area contributed by atoms with E-state index >= 15 is 0 Å². The van der Waals surface area contributed by atoms with Gasteiger partial charge in [-0.3, -0.25) is 18.8 Å². The first kappa shape index (κ1) is 18.4. The molecule has 6 nitrogen and oxygen atoms in total. The van der Waals surface area contributed by atoms with Crippen molar-refractivity contribution < 1.29 is 0 Å². The number of rotatable bonds is 3. The number of aromatic nitrogens is 2. The van der Waals surface area contributed by atoms with Crippen LogP contribution in [-0.4, -0.2) is 33.2 Å². The molecule has 1 aliphatic heterocycles. The van der Waals surface area contributed by atoms with Crippen molar-refractivity contribution in [3.05, 3.63) is 68.5 Å². The fourth-order valence-electron chi connectivity index (χ4n) is 3.25. The van der Waals surface area contributed by atoms with E-state index in [-0.39, 0.29) is 35.6 Å². The third-order valence-electron chi connectivity index (χ3n) is 4.68. The highest BCUT2D eigenvalue weighted by atomic mass is 35.5. The molecule has 1 saturated heterocycles. The van der Waals surface area contributed by atoms with Gasteiger partial charge in [0.05, 0.1) is 0 Å². The standard InChI is InChI=1S/C17H22N4O2.ClH/c1-19-13(8-16(22)20(2)17(19)23)9-21-10-14(15(18)11-21)12-6-4-3-5-7-12;/h3-8,14-15H,9-11,18H2,1-2H3;1H/t14-,15+;/m0./s1. The Morgan fingerprint density at radius 2 is 1.75 bits per heavy atom. The molecule has 7 heteroatoms. The van der Waals surface area contributed by atoms with E-state index in [0.717, 1.165) is 23.4 Å². The summed E-state index contributed by atoms with van der Waals surface area (Å²) in [5, 5.41) is 0. The van der Waals surface area contributed by atoms with Crippen molar-refractivity contribution in [3.63, 3.8) is 0 Å². The summed E-state index contributed by atoms with van der Waals surface area (Å²) in [6, 6.07) is 11.8. The molecule has 130 valence electrons. The molecule has 0 unspecified atom stereocenters. The van der Waals surface area contributed by atoms with Crippen LogP contribution in [0.5, 0.6) is 0 Å². The molecular weight excluding hydrogens is 328 g/mol. The molecule has 1 fully saturated rings. The van der Waals surface area contributed by atoms with Gasteiger partial charge in [-0.25, -0.2) is 4.79 Å². The largest absolute Gasteiger partial charge is 0.330 e. The predicted octanol–water partition coefficient (Wildman–Crippen LogP) is 0.432. The average molecular weight is 351 g/mol. The van der Waals surface area contributed by atoms with E-state index < -0.39 is 0 Å². The summed E-state index contributed by atoms with van der Waals surface area (Å²) in [6.45, 7) is 2.14. The monoisotopic (exact) mass is 350 g/mol. The SMILES string of the molecule is Cl.Cn1c(CN2C[C@@H](N)[C@H](c3ccccc3)C2)cc(=O)n(C)c1=O. The van der Waals surface area contributed by atoms with Crippen LogP contribution in [0.1, 0.15) is 17.2 Å². The Morgan fingerprint density at radius 1 is 1.08 bits per heavy atom. The van der Waals surface area contributed by atoms with Gasteiger partial charge in [0.2, 0.25) is 0 Å². The van der Waals surface area contributed by atoms with E-state index in [4.69, 9.17) is 5.73 Å². The van der Waals surface area contributed by atoms with Gasteiger partial charge >= 0.3 is 5.69 Å². The maximum atomic E-state index is 12.0. The molecule has 24 heavy (non-hydrogen) atoms. The molecule has 0 amide bonds. The second-order valence-corrected chi connectivity index (χ2v) is 6.25. The van der Waals surface area contributed by atoms with E-state index in [1.807, 2.05) is 18.2 Å². The Balaban J connectivity index is 0.00000208. The average Bonchev–Trinajstić information content (AvgIpc) is 2.92. The van der Waals surface area contributed by atoms with Gasteiger partial charge in [0.25, 0.3) is 5.56 Å². The van der Waals surface area contributed by atoms with Crippen LogP contribution in [-0.2, 0) is 20.6 Å². The molecule has 2 heterocycles. The van der Waals surface area contributed by atoms with Crippen LogP contribution < -0.4 is 17.0 Å². The van der Waals surface area contributed by atoms with Gasteiger partial charge in [-0.05, 0) is 5.56 Å². The van der Waals surface area contributed by atoms with E-state index in [1.54, 1.807) is 7.05 Å². The first-order valence-corrected chi connectivity index (χ1v) is 7.76. The maximum Gasteiger partial charge on any atom is 0.330 e. The lowest BCUT2D eigenvalue weighted by Crippen LogP contribution is -2.39. The van der Waals surface area contributed by atoms with Crippen LogP contribution in [0.25, 0.3) is 0 Å². The normalized spacial score (nSPS) is 20.8. The van der Waals surface area contributed by atoms with E-state index in [9.17, 15) is 9.59 Å². The van der Waals surface area contributed by atoms with Crippen LogP contribution in [0.2, 0.25) is 0 Å². The second kappa shape index (κ2) is 7.34. The van der Waals surface area contributed by atoms with Crippen molar-refractivity contribution in [1.82, 2.24) is 14.0 Å². The Kier molecular flexibility index (Phi) is 5.64. The summed E-state index contributed by atoms with van der Waals surface area (Å²) in [5.74, 6) is 0.278. The minimum absolute atomic E-state index is 0. The van der Waals surface area contributed by atoms with Crippen molar-refractivity contribution in [2.45, 2.75) is 18.5 Å². The number of likely N-dealkylation sites (tertiary alicyclic amines) is 1. The first-order valence-electron chi connectivity index (χ1n) is 7.76. The van der Waals surface area contributed by atoms with Crippen LogP contribution in [0.4, 0.5) is 0 Å². The van der Waals surface area contributed by atoms with Crippen molar-refractivity contribution in [2.24, 2.45) is 19.8 Å². The Bertz CT molecular complexity index is 816. The molecule has 2 N–H and O–H groups in total. The zero-order valence-corrected chi connectivity index (χ0v) is 14.7. The van der Waals surface area contributed by atoms with E-state index in [1.165, 1.54) is 23.2 Å². The summed E-state index contributed by atoms with van der Waals surface area (Å²) in [6.07, 6.45) is 0. The third-order valence-corrected chi connectivity index (χ3v) is 4.68. The van der Waals surface area contributed by atoms with Gasteiger partial charge in [0, 0.05) is 57.4 Å². The fourth-order valence-corrected chi connectivity index (χ4v) is 3.25. The Hall–Kier alpha value is -1.89. The number of nitrogens with zero attached hydrogens (tertiary/aromatic N) is 3. The van der Waals surface area contributed by atoms with Crippen LogP contribution in [0.3, 0.4) is 0 Å². The lowest BCUT2D eigenvalue weighted by atomic mass is 9.95. The van der Waals surface area contributed by atoms with E-state index in [0.29, 0.717) is 6.54 Å². The highest BCUT2D eigenvalue weighted by Gasteiger charge is 2.31. The summed E-state index contributed by atoms with van der Waals surface area (Å²) in [4.78, 5) is 26.1. The number of hydrogen-bond acceptors (Lipinski definition) is 4. The van der Waals surface area contributed by atoms with Gasteiger partial charge in [0.15, 0.2) is 0 Å². The number of nitrogens with two attached hydrogens (primary N) is 1. The van der Waals surface area contributed by atoms with Gasteiger partial charge in [-0.1, -0.05) is 30.3 Å². The molecule has 2 atom stereocenters. The second-order valence-electron chi connectivity index (χ2n) is 6.25. The molecular formula is C17H23ClN4O2. The number of benzene rings is 1. The number of hydrogen-bond donors (Lipinski definition) is 1. The highest BCUT2D eigenvalue weighted by molar-refractivity contribution is 5.85. The van der Waals surface area contributed by atoms with Crippen LogP contribution in [0.15, 0.2) is 46.0 Å². The molecule has 0 radical (unpaired) electrons. The molecule has 3 rings (SSSR count). The van der Waals surface area contributed by atoms with Gasteiger partial charge < -0.3 is 5.73 Å². The highest BCUT2D eigenvalue weighted by Crippen LogP contribution is 2.27. The quantitative estimate of drug-likeness (QED) is 0.871. The molecule has 1 aromatic carbocycles. The molecule has 0 aliphatic carbocycles. The van der Waals surface area contributed by atoms with Crippen molar-refractivity contribution in [2.75, 3.05) is 13.1 Å². The molecule has 0 bridgehead atoms. The summed E-state index contributed by atoms with van der Waals surface area (Å²) < 4.78 is 2.65. The first-order chi connectivity index (χ1) is 11.0. The summed E-state index contributed by atoms with van der Waals surface area (Å²) >= 11 is 0.